The van der Waals surface area contributed by atoms with Crippen LogP contribution in [0.5, 0.6) is 0 Å². The SMILES string of the molecule is CN(C)C=Nc1ncc(F)c(/C=C/N(C)C)c1[N+](=O)[O-].CN(C)C=Nc1ncc(F)c2cc[nH]c12.Cl.Nc1ncc(F)c2cc[nH]c12. The van der Waals surface area contributed by atoms with Crippen LogP contribution < -0.4 is 5.73 Å². The maximum Gasteiger partial charge on any atom is 0.323 e. The van der Waals surface area contributed by atoms with E-state index in [2.05, 4.69) is 34.9 Å². The number of hydrogen-bond acceptors (Lipinski definition) is 9. The highest BCUT2D eigenvalue weighted by atomic mass is 35.5. The molecule has 18 heteroatoms. The summed E-state index contributed by atoms with van der Waals surface area (Å²) in [5.41, 5.74) is 6.03. The molecule has 0 aromatic carbocycles. The lowest BCUT2D eigenvalue weighted by atomic mass is 10.2. The third-order valence-corrected chi connectivity index (χ3v) is 5.67. The summed E-state index contributed by atoms with van der Waals surface area (Å²) in [6.45, 7) is 0. The van der Waals surface area contributed by atoms with Gasteiger partial charge in [-0.2, -0.15) is 0 Å². The van der Waals surface area contributed by atoms with Crippen molar-refractivity contribution in [3.63, 3.8) is 0 Å². The Hall–Kier alpha value is -5.71. The molecule has 0 aliphatic carbocycles. The predicted octanol–water partition coefficient (Wildman–Crippen LogP) is 5.51. The lowest BCUT2D eigenvalue weighted by molar-refractivity contribution is -0.384. The largest absolute Gasteiger partial charge is 0.383 e. The Morgan fingerprint density at radius 1 is 0.787 bits per heavy atom. The van der Waals surface area contributed by atoms with Crippen molar-refractivity contribution in [3.8, 4) is 0 Å². The lowest BCUT2D eigenvalue weighted by Gasteiger charge is -2.06. The van der Waals surface area contributed by atoms with E-state index in [0.29, 0.717) is 33.4 Å². The number of nitro groups is 1. The summed E-state index contributed by atoms with van der Waals surface area (Å²) in [6.07, 6.45) is 12.4. The molecule has 0 radical (unpaired) electrons. The number of nitrogens with two attached hydrogens (primary N) is 1. The Kier molecular flexibility index (Phi) is 13.6. The highest BCUT2D eigenvalue weighted by Crippen LogP contribution is 2.31. The van der Waals surface area contributed by atoms with E-state index in [9.17, 15) is 23.3 Å². The zero-order chi connectivity index (χ0) is 34.0. The summed E-state index contributed by atoms with van der Waals surface area (Å²) in [4.78, 5) is 40.5. The number of nitrogen functional groups attached to an aromatic ring is 1. The topological polar surface area (TPSA) is 174 Å². The number of hydrogen-bond donors (Lipinski definition) is 3. The standard InChI is InChI=1S/C12H16FN5O2.C10H11FN4.C7H6FN3.ClH/c1-16(2)6-5-9-10(13)7-14-12(11(9)18(19)20)15-8-17(3)4;1-15(2)6-14-10-9-7(3-4-12-9)8(11)5-13-10;8-5-3-11-7(9)6-4(5)1-2-10-6;/h5-8H,1-4H3;3-6,12H,1-2H3;1-3,10H,(H2,9,11);1H/b6-5+,15-8?;;;. The van der Waals surface area contributed by atoms with E-state index in [-0.39, 0.29) is 35.4 Å². The monoisotopic (exact) mass is 674 g/mol. The van der Waals surface area contributed by atoms with Crippen LogP contribution in [0.2, 0.25) is 0 Å². The first-order valence-corrected chi connectivity index (χ1v) is 13.4. The second-order valence-corrected chi connectivity index (χ2v) is 10.1. The Labute approximate surface area is 274 Å². The van der Waals surface area contributed by atoms with E-state index in [1.165, 1.54) is 24.8 Å². The van der Waals surface area contributed by atoms with Gasteiger partial charge in [-0.05, 0) is 24.4 Å². The molecule has 250 valence electrons. The average Bonchev–Trinajstić information content (AvgIpc) is 3.70. The van der Waals surface area contributed by atoms with Gasteiger partial charge < -0.3 is 30.4 Å². The van der Waals surface area contributed by atoms with E-state index < -0.39 is 16.4 Å². The average molecular weight is 675 g/mol. The van der Waals surface area contributed by atoms with E-state index in [1.807, 2.05) is 14.1 Å². The fourth-order valence-electron chi connectivity index (χ4n) is 3.62. The summed E-state index contributed by atoms with van der Waals surface area (Å²) in [7, 11) is 10.6. The number of rotatable bonds is 7. The molecule has 0 saturated carbocycles. The number of aliphatic imine (C=N–C) groups is 2. The fraction of sp³-hybridized carbons (Fsp3) is 0.207. The van der Waals surface area contributed by atoms with E-state index in [4.69, 9.17) is 5.73 Å². The molecule has 4 N–H and O–H groups in total. The molecule has 0 saturated heterocycles. The molecule has 0 aliphatic heterocycles. The summed E-state index contributed by atoms with van der Waals surface area (Å²) in [5, 5.41) is 12.1. The van der Waals surface area contributed by atoms with Gasteiger partial charge in [0, 0.05) is 65.5 Å². The van der Waals surface area contributed by atoms with Crippen molar-refractivity contribution in [1.29, 1.82) is 0 Å². The Morgan fingerprint density at radius 2 is 1.28 bits per heavy atom. The Morgan fingerprint density at radius 3 is 1.81 bits per heavy atom. The molecule has 0 spiro atoms. The number of aromatic amines is 2. The van der Waals surface area contributed by atoms with Gasteiger partial charge in [-0.25, -0.2) is 38.1 Å². The van der Waals surface area contributed by atoms with Crippen molar-refractivity contribution in [3.05, 3.63) is 82.4 Å². The molecular formula is C29H34ClF3N12O2. The van der Waals surface area contributed by atoms with Crippen LogP contribution in [-0.2, 0) is 0 Å². The van der Waals surface area contributed by atoms with Crippen LogP contribution in [0.3, 0.4) is 0 Å². The van der Waals surface area contributed by atoms with Crippen LogP contribution in [0.4, 0.5) is 36.3 Å². The van der Waals surface area contributed by atoms with Crippen molar-refractivity contribution in [1.82, 2.24) is 39.6 Å². The third kappa shape index (κ3) is 10.1. The van der Waals surface area contributed by atoms with Crippen LogP contribution in [-0.4, -0.2) is 99.5 Å². The van der Waals surface area contributed by atoms with E-state index >= 15 is 0 Å². The molecule has 0 aliphatic rings. The highest BCUT2D eigenvalue weighted by molar-refractivity contribution is 5.89. The zero-order valence-electron chi connectivity index (χ0n) is 26.3. The van der Waals surface area contributed by atoms with Crippen LogP contribution in [0.25, 0.3) is 27.9 Å². The smallest absolute Gasteiger partial charge is 0.323 e. The zero-order valence-corrected chi connectivity index (χ0v) is 27.1. The fourth-order valence-corrected chi connectivity index (χ4v) is 3.62. The number of nitrogens with zero attached hydrogens (tertiary/aromatic N) is 9. The highest BCUT2D eigenvalue weighted by Gasteiger charge is 2.23. The van der Waals surface area contributed by atoms with Crippen LogP contribution in [0, 0.1) is 27.6 Å². The number of anilines is 1. The molecule has 47 heavy (non-hydrogen) atoms. The molecule has 14 nitrogen and oxygen atoms in total. The lowest BCUT2D eigenvalue weighted by Crippen LogP contribution is -2.07. The predicted molar refractivity (Wildman–Crippen MR) is 181 cm³/mol. The minimum absolute atomic E-state index is 0. The first-order chi connectivity index (χ1) is 21.8. The second-order valence-electron chi connectivity index (χ2n) is 10.1. The number of aromatic nitrogens is 5. The molecule has 0 amide bonds. The summed E-state index contributed by atoms with van der Waals surface area (Å²) < 4.78 is 39.9. The maximum atomic E-state index is 13.7. The van der Waals surface area contributed by atoms with Crippen molar-refractivity contribution < 1.29 is 18.1 Å². The van der Waals surface area contributed by atoms with E-state index in [1.54, 1.807) is 73.8 Å². The molecule has 0 bridgehead atoms. The first kappa shape index (κ1) is 37.5. The molecule has 5 rings (SSSR count). The second kappa shape index (κ2) is 17.1. The van der Waals surface area contributed by atoms with Crippen LogP contribution in [0.1, 0.15) is 5.56 Å². The van der Waals surface area contributed by atoms with Crippen molar-refractivity contribution in [2.45, 2.75) is 0 Å². The van der Waals surface area contributed by atoms with Gasteiger partial charge in [0.25, 0.3) is 0 Å². The molecule has 5 aromatic rings. The number of halogens is 4. The number of pyridine rings is 3. The number of nitrogens with one attached hydrogen (secondary N) is 2. The molecule has 5 heterocycles. The Bertz CT molecular complexity index is 1850. The van der Waals surface area contributed by atoms with Crippen molar-refractivity contribution in [2.24, 2.45) is 9.98 Å². The summed E-state index contributed by atoms with van der Waals surface area (Å²) in [5.74, 6) is -0.774. The molecule has 5 aromatic heterocycles. The van der Waals surface area contributed by atoms with Crippen molar-refractivity contribution >= 4 is 76.1 Å². The van der Waals surface area contributed by atoms with Crippen molar-refractivity contribution in [2.75, 3.05) is 48.0 Å². The van der Waals surface area contributed by atoms with Crippen LogP contribution >= 0.6 is 12.4 Å². The molecular weight excluding hydrogens is 641 g/mol. The maximum absolute atomic E-state index is 13.7. The minimum Gasteiger partial charge on any atom is -0.383 e. The third-order valence-electron chi connectivity index (χ3n) is 5.67. The van der Waals surface area contributed by atoms with Gasteiger partial charge in [0.2, 0.25) is 5.82 Å². The van der Waals surface area contributed by atoms with Gasteiger partial charge in [0.15, 0.2) is 23.3 Å². The summed E-state index contributed by atoms with van der Waals surface area (Å²) >= 11 is 0. The van der Waals surface area contributed by atoms with Gasteiger partial charge in [-0.1, -0.05) is 0 Å². The van der Waals surface area contributed by atoms with Gasteiger partial charge in [-0.3, -0.25) is 10.1 Å². The number of fused-ring (bicyclic) bond motifs is 2. The van der Waals surface area contributed by atoms with Gasteiger partial charge in [-0.15, -0.1) is 12.4 Å². The summed E-state index contributed by atoms with van der Waals surface area (Å²) in [6, 6.07) is 3.30. The quantitative estimate of drug-likeness (QED) is 0.0870. The minimum atomic E-state index is -0.765. The Balaban J connectivity index is 0.000000252. The molecule has 0 atom stereocenters. The van der Waals surface area contributed by atoms with Gasteiger partial charge in [0.05, 0.1) is 52.8 Å². The van der Waals surface area contributed by atoms with E-state index in [0.717, 1.165) is 12.4 Å². The van der Waals surface area contributed by atoms with Gasteiger partial charge >= 0.3 is 5.69 Å². The van der Waals surface area contributed by atoms with Gasteiger partial charge in [0.1, 0.15) is 5.82 Å². The normalized spacial score (nSPS) is 10.9. The molecule has 0 fully saturated rings. The first-order valence-electron chi connectivity index (χ1n) is 13.4. The molecule has 0 unspecified atom stereocenters. The van der Waals surface area contributed by atoms with Crippen LogP contribution in [0.15, 0.2) is 59.3 Å². The number of H-pyrrole nitrogens is 2.